The lowest BCUT2D eigenvalue weighted by Gasteiger charge is -2.37. The van der Waals surface area contributed by atoms with Gasteiger partial charge in [0.2, 0.25) is 0 Å². The summed E-state index contributed by atoms with van der Waals surface area (Å²) in [6.07, 6.45) is 3.51. The Bertz CT molecular complexity index is 573. The molecule has 1 N–H and O–H groups in total. The van der Waals surface area contributed by atoms with Gasteiger partial charge in [0.15, 0.2) is 0 Å². The van der Waals surface area contributed by atoms with Crippen LogP contribution in [0, 0.1) is 0 Å². The van der Waals surface area contributed by atoms with Gasteiger partial charge >= 0.3 is 0 Å². The zero-order valence-corrected chi connectivity index (χ0v) is 10.3. The van der Waals surface area contributed by atoms with Gasteiger partial charge in [-0.25, -0.2) is 4.52 Å². The molecule has 0 aliphatic carbocycles. The number of pyridine rings is 1. The highest BCUT2D eigenvalue weighted by Gasteiger charge is 2.29. The fourth-order valence-electron chi connectivity index (χ4n) is 2.32. The molecule has 0 radical (unpaired) electrons. The molecule has 1 saturated heterocycles. The summed E-state index contributed by atoms with van der Waals surface area (Å²) in [4.78, 5) is 14.4. The van der Waals surface area contributed by atoms with Crippen molar-refractivity contribution in [2.45, 2.75) is 13.0 Å². The Balaban J connectivity index is 1.95. The molecule has 3 rings (SSSR count). The van der Waals surface area contributed by atoms with Crippen LogP contribution < -0.4 is 5.32 Å². The summed E-state index contributed by atoms with van der Waals surface area (Å²) >= 11 is 0. The van der Waals surface area contributed by atoms with Crippen molar-refractivity contribution in [2.75, 3.05) is 19.6 Å². The molecular formula is C13H16N4O. The molecule has 3 heterocycles. The SMILES string of the molecule is CCN(C(=O)c1cnn2ccccc12)C1CNC1. The first kappa shape index (κ1) is 11.2. The van der Waals surface area contributed by atoms with Gasteiger partial charge in [-0.1, -0.05) is 6.07 Å². The highest BCUT2D eigenvalue weighted by molar-refractivity contribution is 6.00. The molecule has 0 spiro atoms. The van der Waals surface area contributed by atoms with E-state index in [1.54, 1.807) is 10.7 Å². The molecular weight excluding hydrogens is 228 g/mol. The minimum Gasteiger partial charge on any atom is -0.333 e. The van der Waals surface area contributed by atoms with Gasteiger partial charge in [0.25, 0.3) is 5.91 Å². The number of carbonyl (C=O) groups is 1. The van der Waals surface area contributed by atoms with E-state index in [4.69, 9.17) is 0 Å². The first-order valence-electron chi connectivity index (χ1n) is 6.25. The monoisotopic (exact) mass is 244 g/mol. The van der Waals surface area contributed by atoms with Crippen molar-refractivity contribution in [1.82, 2.24) is 19.8 Å². The second kappa shape index (κ2) is 4.42. The lowest BCUT2D eigenvalue weighted by Crippen LogP contribution is -2.58. The fourth-order valence-corrected chi connectivity index (χ4v) is 2.32. The lowest BCUT2D eigenvalue weighted by molar-refractivity contribution is 0.0632. The zero-order chi connectivity index (χ0) is 12.5. The van der Waals surface area contributed by atoms with Gasteiger partial charge in [-0.3, -0.25) is 4.79 Å². The molecule has 5 heteroatoms. The predicted molar refractivity (Wildman–Crippen MR) is 68.6 cm³/mol. The van der Waals surface area contributed by atoms with E-state index in [9.17, 15) is 4.79 Å². The summed E-state index contributed by atoms with van der Waals surface area (Å²) < 4.78 is 1.74. The van der Waals surface area contributed by atoms with Crippen LogP contribution in [0.25, 0.3) is 5.52 Å². The van der Waals surface area contributed by atoms with E-state index in [-0.39, 0.29) is 5.91 Å². The van der Waals surface area contributed by atoms with E-state index in [1.807, 2.05) is 36.2 Å². The summed E-state index contributed by atoms with van der Waals surface area (Å²) in [6, 6.07) is 6.07. The number of aromatic nitrogens is 2. The average Bonchev–Trinajstić information content (AvgIpc) is 2.76. The van der Waals surface area contributed by atoms with Crippen LogP contribution in [0.1, 0.15) is 17.3 Å². The maximum absolute atomic E-state index is 12.5. The molecule has 0 atom stereocenters. The maximum atomic E-state index is 12.5. The highest BCUT2D eigenvalue weighted by atomic mass is 16.2. The third-order valence-corrected chi connectivity index (χ3v) is 3.46. The number of hydrogen-bond acceptors (Lipinski definition) is 3. The van der Waals surface area contributed by atoms with Crippen LogP contribution in [0.5, 0.6) is 0 Å². The van der Waals surface area contributed by atoms with Crippen LogP contribution in [0.4, 0.5) is 0 Å². The first-order chi connectivity index (χ1) is 8.81. The average molecular weight is 244 g/mol. The summed E-state index contributed by atoms with van der Waals surface area (Å²) in [6.45, 7) is 4.52. The standard InChI is InChI=1S/C13H16N4O/c1-2-16(10-7-14-8-10)13(18)11-9-15-17-6-4-3-5-12(11)17/h3-6,9-10,14H,2,7-8H2,1H3. The van der Waals surface area contributed by atoms with Gasteiger partial charge in [0.1, 0.15) is 0 Å². The Morgan fingerprint density at radius 1 is 1.56 bits per heavy atom. The minimum absolute atomic E-state index is 0.0743. The van der Waals surface area contributed by atoms with Gasteiger partial charge < -0.3 is 10.2 Å². The molecule has 94 valence electrons. The number of likely N-dealkylation sites (N-methyl/N-ethyl adjacent to an activating group) is 1. The third kappa shape index (κ3) is 1.67. The molecule has 2 aromatic rings. The van der Waals surface area contributed by atoms with Crippen LogP contribution in [-0.2, 0) is 0 Å². The molecule has 5 nitrogen and oxygen atoms in total. The number of fused-ring (bicyclic) bond motifs is 1. The number of carbonyl (C=O) groups excluding carboxylic acids is 1. The topological polar surface area (TPSA) is 49.6 Å². The van der Waals surface area contributed by atoms with Crippen LogP contribution >= 0.6 is 0 Å². The van der Waals surface area contributed by atoms with E-state index in [1.165, 1.54) is 0 Å². The van der Waals surface area contributed by atoms with E-state index in [0.717, 1.165) is 25.2 Å². The maximum Gasteiger partial charge on any atom is 0.258 e. The number of amides is 1. The van der Waals surface area contributed by atoms with Crippen LogP contribution in [0.3, 0.4) is 0 Å². The van der Waals surface area contributed by atoms with E-state index in [2.05, 4.69) is 10.4 Å². The van der Waals surface area contributed by atoms with Crippen molar-refractivity contribution in [3.8, 4) is 0 Å². The molecule has 1 fully saturated rings. The minimum atomic E-state index is 0.0743. The molecule has 0 unspecified atom stereocenters. The van der Waals surface area contributed by atoms with E-state index < -0.39 is 0 Å². The summed E-state index contributed by atoms with van der Waals surface area (Å²) in [5.74, 6) is 0.0743. The van der Waals surface area contributed by atoms with Crippen molar-refractivity contribution in [2.24, 2.45) is 0 Å². The second-order valence-corrected chi connectivity index (χ2v) is 4.49. The van der Waals surface area contributed by atoms with Crippen molar-refractivity contribution >= 4 is 11.4 Å². The number of hydrogen-bond donors (Lipinski definition) is 1. The molecule has 2 aromatic heterocycles. The van der Waals surface area contributed by atoms with Crippen molar-refractivity contribution < 1.29 is 4.79 Å². The predicted octanol–water partition coefficient (Wildman–Crippen LogP) is 0.768. The smallest absolute Gasteiger partial charge is 0.258 e. The largest absolute Gasteiger partial charge is 0.333 e. The Morgan fingerprint density at radius 3 is 3.06 bits per heavy atom. The van der Waals surface area contributed by atoms with Crippen LogP contribution in [-0.4, -0.2) is 46.1 Å². The highest BCUT2D eigenvalue weighted by Crippen LogP contribution is 2.15. The number of nitrogens with one attached hydrogen (secondary N) is 1. The number of rotatable bonds is 3. The molecule has 0 bridgehead atoms. The summed E-state index contributed by atoms with van der Waals surface area (Å²) in [7, 11) is 0. The normalized spacial score (nSPS) is 15.6. The van der Waals surface area contributed by atoms with Crippen molar-refractivity contribution in [3.05, 3.63) is 36.2 Å². The lowest BCUT2D eigenvalue weighted by atomic mass is 10.1. The van der Waals surface area contributed by atoms with Crippen molar-refractivity contribution in [3.63, 3.8) is 0 Å². The Hall–Kier alpha value is -1.88. The second-order valence-electron chi connectivity index (χ2n) is 4.49. The Labute approximate surface area is 105 Å². The van der Waals surface area contributed by atoms with Gasteiger partial charge in [0.05, 0.1) is 23.3 Å². The Morgan fingerprint density at radius 2 is 2.39 bits per heavy atom. The zero-order valence-electron chi connectivity index (χ0n) is 10.3. The van der Waals surface area contributed by atoms with Gasteiger partial charge in [-0.05, 0) is 19.1 Å². The molecule has 1 amide bonds. The Kier molecular flexibility index (Phi) is 2.76. The molecule has 1 aliphatic rings. The van der Waals surface area contributed by atoms with Gasteiger partial charge in [-0.2, -0.15) is 5.10 Å². The fraction of sp³-hybridized carbons (Fsp3) is 0.385. The molecule has 18 heavy (non-hydrogen) atoms. The third-order valence-electron chi connectivity index (χ3n) is 3.46. The van der Waals surface area contributed by atoms with Gasteiger partial charge in [0, 0.05) is 25.8 Å². The molecule has 1 aliphatic heterocycles. The van der Waals surface area contributed by atoms with E-state index in [0.29, 0.717) is 11.6 Å². The quantitative estimate of drug-likeness (QED) is 0.867. The first-order valence-corrected chi connectivity index (χ1v) is 6.25. The van der Waals surface area contributed by atoms with Crippen LogP contribution in [0.15, 0.2) is 30.6 Å². The van der Waals surface area contributed by atoms with E-state index >= 15 is 0 Å². The summed E-state index contributed by atoms with van der Waals surface area (Å²) in [5, 5.41) is 7.41. The molecule has 0 aromatic carbocycles. The molecule has 0 saturated carbocycles. The summed E-state index contributed by atoms with van der Waals surface area (Å²) in [5.41, 5.74) is 1.55. The van der Waals surface area contributed by atoms with Gasteiger partial charge in [-0.15, -0.1) is 0 Å². The number of nitrogens with zero attached hydrogens (tertiary/aromatic N) is 3. The van der Waals surface area contributed by atoms with Crippen molar-refractivity contribution in [1.29, 1.82) is 0 Å². The van der Waals surface area contributed by atoms with Crippen LogP contribution in [0.2, 0.25) is 0 Å².